The molecule has 2 heterocycles. The van der Waals surface area contributed by atoms with Crippen LogP contribution in [0.4, 0.5) is 5.13 Å². The molecule has 0 amide bonds. The Bertz CT molecular complexity index is 650. The number of hydrogen-bond donors (Lipinski definition) is 1. The van der Waals surface area contributed by atoms with Gasteiger partial charge in [-0.15, -0.1) is 11.3 Å². The minimum atomic E-state index is 0.784. The zero-order chi connectivity index (χ0) is 16.4. The van der Waals surface area contributed by atoms with Gasteiger partial charge in [-0.3, -0.25) is 0 Å². The van der Waals surface area contributed by atoms with Crippen molar-refractivity contribution in [2.45, 2.75) is 38.0 Å². The van der Waals surface area contributed by atoms with Gasteiger partial charge in [0.15, 0.2) is 5.13 Å². The lowest BCUT2D eigenvalue weighted by Crippen LogP contribution is -3.12. The molecule has 24 heavy (non-hydrogen) atoms. The first kappa shape index (κ1) is 16.1. The third kappa shape index (κ3) is 3.50. The van der Waals surface area contributed by atoms with Crippen molar-refractivity contribution in [1.29, 1.82) is 0 Å². The highest BCUT2D eigenvalue weighted by Gasteiger charge is 2.20. The predicted molar refractivity (Wildman–Crippen MR) is 102 cm³/mol. The summed E-state index contributed by atoms with van der Waals surface area (Å²) in [6.07, 6.45) is 6.95. The molecule has 2 aliphatic rings. The van der Waals surface area contributed by atoms with Crippen LogP contribution in [0.25, 0.3) is 11.3 Å². The Morgan fingerprint density at radius 2 is 1.75 bits per heavy atom. The highest BCUT2D eigenvalue weighted by Crippen LogP contribution is 2.34. The zero-order valence-corrected chi connectivity index (χ0v) is 15.4. The minimum absolute atomic E-state index is 0.784. The van der Waals surface area contributed by atoms with E-state index in [4.69, 9.17) is 4.98 Å². The molecule has 4 rings (SSSR count). The van der Waals surface area contributed by atoms with Crippen molar-refractivity contribution in [3.63, 3.8) is 0 Å². The molecule has 1 saturated carbocycles. The van der Waals surface area contributed by atoms with E-state index < -0.39 is 0 Å². The smallest absolute Gasteiger partial charge is 0.186 e. The fourth-order valence-electron chi connectivity index (χ4n) is 3.98. The topological polar surface area (TPSA) is 20.6 Å². The molecule has 1 aliphatic heterocycles. The summed E-state index contributed by atoms with van der Waals surface area (Å²) in [6.45, 7) is 4.68. The quantitative estimate of drug-likeness (QED) is 0.925. The van der Waals surface area contributed by atoms with Crippen molar-refractivity contribution in [2.24, 2.45) is 0 Å². The maximum atomic E-state index is 4.91. The molecule has 0 atom stereocenters. The van der Waals surface area contributed by atoms with Gasteiger partial charge in [-0.05, 0) is 24.3 Å². The lowest BCUT2D eigenvalue weighted by molar-refractivity contribution is -0.880. The maximum Gasteiger partial charge on any atom is 0.186 e. The van der Waals surface area contributed by atoms with Crippen LogP contribution >= 0.6 is 11.3 Å². The lowest BCUT2D eigenvalue weighted by Gasteiger charge is -2.29. The highest BCUT2D eigenvalue weighted by atomic mass is 32.1. The van der Waals surface area contributed by atoms with E-state index in [-0.39, 0.29) is 0 Å². The molecular weight excluding hydrogens is 314 g/mol. The van der Waals surface area contributed by atoms with Gasteiger partial charge in [-0.1, -0.05) is 43.5 Å². The Balaban J connectivity index is 1.46. The van der Waals surface area contributed by atoms with Crippen LogP contribution in [-0.4, -0.2) is 38.2 Å². The summed E-state index contributed by atoms with van der Waals surface area (Å²) in [7, 11) is 2.28. The number of quaternary nitrogens is 1. The molecular formula is C20H28N3S+. The molecule has 128 valence electrons. The molecule has 1 saturated heterocycles. The second kappa shape index (κ2) is 7.24. The fourth-order valence-corrected chi connectivity index (χ4v) is 4.87. The van der Waals surface area contributed by atoms with Gasteiger partial charge in [0.1, 0.15) is 0 Å². The molecule has 1 aromatic carbocycles. The number of hydrogen-bond acceptors (Lipinski definition) is 3. The van der Waals surface area contributed by atoms with E-state index in [9.17, 15) is 0 Å². The van der Waals surface area contributed by atoms with Crippen molar-refractivity contribution in [3.05, 3.63) is 35.2 Å². The molecule has 0 unspecified atom stereocenters. The molecule has 1 N–H and O–H groups in total. The first-order valence-electron chi connectivity index (χ1n) is 9.42. The Kier molecular flexibility index (Phi) is 4.86. The van der Waals surface area contributed by atoms with Crippen LogP contribution in [0.3, 0.4) is 0 Å². The molecule has 1 aliphatic carbocycles. The summed E-state index contributed by atoms with van der Waals surface area (Å²) in [6, 6.07) is 9.22. The fraction of sp³-hybridized carbons (Fsp3) is 0.550. The first-order valence-corrected chi connectivity index (χ1v) is 10.3. The predicted octanol–water partition coefficient (Wildman–Crippen LogP) is 3.19. The second-order valence-corrected chi connectivity index (χ2v) is 8.25. The third-order valence-corrected chi connectivity index (χ3v) is 6.56. The number of nitrogens with one attached hydrogen (secondary N) is 1. The minimum Gasteiger partial charge on any atom is -0.337 e. The summed E-state index contributed by atoms with van der Waals surface area (Å²) in [5.41, 5.74) is 3.92. The standard InChI is InChI=1S/C20H27N3S/c1-22-11-13-23(14-12-22)20-21-19(15-24-20)18-9-7-17(8-10-18)16-5-3-2-4-6-16/h7-10,15-16H,2-6,11-14H2,1H3/p+1. The van der Waals surface area contributed by atoms with Crippen molar-refractivity contribution < 1.29 is 4.90 Å². The average molecular weight is 343 g/mol. The van der Waals surface area contributed by atoms with Gasteiger partial charge < -0.3 is 9.80 Å². The monoisotopic (exact) mass is 342 g/mol. The van der Waals surface area contributed by atoms with Crippen molar-refractivity contribution in [3.8, 4) is 11.3 Å². The van der Waals surface area contributed by atoms with E-state index in [2.05, 4.69) is 41.6 Å². The van der Waals surface area contributed by atoms with E-state index in [1.54, 1.807) is 16.2 Å². The van der Waals surface area contributed by atoms with Gasteiger partial charge in [0.25, 0.3) is 0 Å². The van der Waals surface area contributed by atoms with Crippen LogP contribution in [-0.2, 0) is 0 Å². The van der Waals surface area contributed by atoms with E-state index in [0.29, 0.717) is 0 Å². The summed E-state index contributed by atoms with van der Waals surface area (Å²) in [5, 5.41) is 3.41. The van der Waals surface area contributed by atoms with Crippen LogP contribution in [0.5, 0.6) is 0 Å². The molecule has 1 aromatic heterocycles. The zero-order valence-electron chi connectivity index (χ0n) is 14.6. The van der Waals surface area contributed by atoms with Crippen molar-refractivity contribution >= 4 is 16.5 Å². The van der Waals surface area contributed by atoms with Gasteiger partial charge in [-0.25, -0.2) is 4.98 Å². The number of thiazole rings is 1. The summed E-state index contributed by atoms with van der Waals surface area (Å²) in [4.78, 5) is 8.97. The average Bonchev–Trinajstić information content (AvgIpc) is 3.13. The number of likely N-dealkylation sites (N-methyl/N-ethyl adjacent to an activating group) is 1. The Labute approximate surface area is 149 Å². The van der Waals surface area contributed by atoms with Gasteiger partial charge >= 0.3 is 0 Å². The molecule has 0 radical (unpaired) electrons. The maximum absolute atomic E-state index is 4.91. The van der Waals surface area contributed by atoms with Crippen LogP contribution in [0.2, 0.25) is 0 Å². The molecule has 2 fully saturated rings. The molecule has 2 aromatic rings. The van der Waals surface area contributed by atoms with Crippen LogP contribution in [0.1, 0.15) is 43.6 Å². The van der Waals surface area contributed by atoms with Crippen LogP contribution in [0.15, 0.2) is 29.6 Å². The number of aromatic nitrogens is 1. The largest absolute Gasteiger partial charge is 0.337 e. The molecule has 0 spiro atoms. The number of anilines is 1. The molecule has 0 bridgehead atoms. The first-order chi connectivity index (χ1) is 11.8. The van der Waals surface area contributed by atoms with Crippen LogP contribution < -0.4 is 9.80 Å². The Morgan fingerprint density at radius 3 is 2.46 bits per heavy atom. The molecule has 3 nitrogen and oxygen atoms in total. The van der Waals surface area contributed by atoms with E-state index in [1.807, 2.05) is 0 Å². The van der Waals surface area contributed by atoms with E-state index in [1.165, 1.54) is 61.5 Å². The van der Waals surface area contributed by atoms with Gasteiger partial charge in [-0.2, -0.15) is 0 Å². The highest BCUT2D eigenvalue weighted by molar-refractivity contribution is 7.14. The second-order valence-electron chi connectivity index (χ2n) is 7.42. The number of nitrogens with zero attached hydrogens (tertiary/aromatic N) is 2. The number of piperazine rings is 1. The van der Waals surface area contributed by atoms with E-state index in [0.717, 1.165) is 24.7 Å². The van der Waals surface area contributed by atoms with Gasteiger partial charge in [0.2, 0.25) is 0 Å². The Morgan fingerprint density at radius 1 is 1.04 bits per heavy atom. The SMILES string of the molecule is C[NH+]1CCN(c2nc(-c3ccc(C4CCCCC4)cc3)cs2)CC1. The number of rotatable bonds is 3. The summed E-state index contributed by atoms with van der Waals surface area (Å²) in [5.74, 6) is 0.784. The summed E-state index contributed by atoms with van der Waals surface area (Å²) < 4.78 is 0. The molecule has 4 heteroatoms. The van der Waals surface area contributed by atoms with Crippen LogP contribution in [0, 0.1) is 0 Å². The summed E-state index contributed by atoms with van der Waals surface area (Å²) >= 11 is 1.79. The lowest BCUT2D eigenvalue weighted by atomic mass is 9.84. The van der Waals surface area contributed by atoms with Crippen molar-refractivity contribution in [2.75, 3.05) is 38.1 Å². The van der Waals surface area contributed by atoms with Crippen molar-refractivity contribution in [1.82, 2.24) is 4.98 Å². The van der Waals surface area contributed by atoms with Gasteiger partial charge in [0, 0.05) is 10.9 Å². The third-order valence-electron chi connectivity index (χ3n) is 5.66. The van der Waals surface area contributed by atoms with Gasteiger partial charge in [0.05, 0.1) is 38.9 Å². The number of benzene rings is 1. The Hall–Kier alpha value is -1.39. The van der Waals surface area contributed by atoms with E-state index >= 15 is 0 Å². The normalized spacial score (nSPS) is 20.5.